The number of aromatic nitrogens is 4. The summed E-state index contributed by atoms with van der Waals surface area (Å²) in [5.41, 5.74) is 10.4. The van der Waals surface area contributed by atoms with Crippen molar-refractivity contribution in [3.8, 4) is 67.8 Å². The van der Waals surface area contributed by atoms with Crippen molar-refractivity contribution < 1.29 is 4.12 Å². The van der Waals surface area contributed by atoms with Crippen LogP contribution in [0.4, 0.5) is 0 Å². The van der Waals surface area contributed by atoms with Crippen LogP contribution in [0.25, 0.3) is 67.8 Å². The van der Waals surface area contributed by atoms with E-state index < -0.39 is 16.6 Å². The Bertz CT molecular complexity index is 2150. The highest BCUT2D eigenvalue weighted by molar-refractivity contribution is 6.96. The van der Waals surface area contributed by atoms with Crippen LogP contribution < -0.4 is 10.4 Å². The maximum Gasteiger partial charge on any atom is 0.206 e. The lowest BCUT2D eigenvalue weighted by Gasteiger charge is -2.34. The van der Waals surface area contributed by atoms with E-state index in [0.29, 0.717) is 0 Å². The molecule has 0 amide bonds. The van der Waals surface area contributed by atoms with E-state index in [1.165, 1.54) is 10.4 Å². The van der Waals surface area contributed by atoms with E-state index in [2.05, 4.69) is 182 Å². The normalized spacial score (nSPS) is 11.8. The molecule has 8 aromatic rings. The highest BCUT2D eigenvalue weighted by Crippen LogP contribution is 2.34. The van der Waals surface area contributed by atoms with Gasteiger partial charge in [0.2, 0.25) is 16.6 Å². The summed E-state index contributed by atoms with van der Waals surface area (Å²) in [4.78, 5) is 17.5. The molecular formula is C46H42N4OSi2. The Morgan fingerprint density at radius 1 is 0.358 bits per heavy atom. The molecule has 0 aliphatic rings. The molecule has 0 saturated carbocycles. The molecule has 2 aromatic heterocycles. The first-order valence-electron chi connectivity index (χ1n) is 18.1. The van der Waals surface area contributed by atoms with Gasteiger partial charge in [0, 0.05) is 33.4 Å². The summed E-state index contributed by atoms with van der Waals surface area (Å²) >= 11 is 0. The van der Waals surface area contributed by atoms with E-state index in [4.69, 9.17) is 14.1 Å². The summed E-state index contributed by atoms with van der Waals surface area (Å²) < 4.78 is 7.20. The first-order chi connectivity index (χ1) is 25.7. The zero-order valence-electron chi connectivity index (χ0n) is 30.5. The van der Waals surface area contributed by atoms with Gasteiger partial charge in [-0.25, -0.2) is 9.97 Å². The van der Waals surface area contributed by atoms with Crippen LogP contribution >= 0.6 is 0 Å². The first-order valence-corrected chi connectivity index (χ1v) is 23.9. The van der Waals surface area contributed by atoms with E-state index in [0.717, 1.165) is 67.8 Å². The molecule has 0 aliphatic carbocycles. The summed E-state index contributed by atoms with van der Waals surface area (Å²) in [7, 11) is -4.55. The molecular weight excluding hydrogens is 681 g/mol. The quantitative estimate of drug-likeness (QED) is 0.138. The Morgan fingerprint density at radius 2 is 0.660 bits per heavy atom. The zero-order valence-corrected chi connectivity index (χ0v) is 32.5. The number of nitrogens with zero attached hydrogens (tertiary/aromatic N) is 2. The van der Waals surface area contributed by atoms with Crippen molar-refractivity contribution in [1.82, 2.24) is 19.9 Å². The van der Waals surface area contributed by atoms with Gasteiger partial charge in [0.05, 0.1) is 22.8 Å². The van der Waals surface area contributed by atoms with Crippen LogP contribution in [0, 0.1) is 0 Å². The predicted molar refractivity (Wildman–Crippen MR) is 225 cm³/mol. The molecule has 7 heteroatoms. The third-order valence-electron chi connectivity index (χ3n) is 9.84. The van der Waals surface area contributed by atoms with Crippen molar-refractivity contribution in [3.63, 3.8) is 0 Å². The van der Waals surface area contributed by atoms with Crippen molar-refractivity contribution in [2.24, 2.45) is 0 Å². The molecule has 0 aliphatic heterocycles. The van der Waals surface area contributed by atoms with Gasteiger partial charge >= 0.3 is 0 Å². The van der Waals surface area contributed by atoms with Crippen LogP contribution in [0.2, 0.25) is 26.2 Å². The molecule has 0 unspecified atom stereocenters. The maximum atomic E-state index is 7.20. The van der Waals surface area contributed by atoms with Crippen LogP contribution in [0.1, 0.15) is 0 Å². The SMILES string of the molecule is C[Si](C)(O[Si](C)(C)c1ccc(-c2nc(-c3ccccc3)c(-c3ccccc3)[nH]2)cc1)c1ccc(-c2nc(-c3ccccc3)c(-c3ccccc3)[nH]2)cc1. The molecule has 2 N–H and O–H groups in total. The molecule has 6 aromatic carbocycles. The van der Waals surface area contributed by atoms with Gasteiger partial charge in [-0.05, 0) is 36.6 Å². The molecule has 53 heavy (non-hydrogen) atoms. The lowest BCUT2D eigenvalue weighted by atomic mass is 10.1. The van der Waals surface area contributed by atoms with Crippen LogP contribution in [-0.4, -0.2) is 36.6 Å². The third-order valence-corrected chi connectivity index (χ3v) is 17.4. The summed E-state index contributed by atoms with van der Waals surface area (Å²) in [6, 6.07) is 59.2. The molecule has 0 radical (unpaired) electrons. The predicted octanol–water partition coefficient (Wildman–Crippen LogP) is 10.7. The number of H-pyrrole nitrogens is 2. The van der Waals surface area contributed by atoms with E-state index in [1.54, 1.807) is 0 Å². The number of imidazole rings is 2. The van der Waals surface area contributed by atoms with Gasteiger partial charge in [-0.1, -0.05) is 170 Å². The fourth-order valence-electron chi connectivity index (χ4n) is 7.07. The van der Waals surface area contributed by atoms with Crippen LogP contribution in [0.5, 0.6) is 0 Å². The molecule has 8 rings (SSSR count). The molecule has 2 heterocycles. The fourth-order valence-corrected chi connectivity index (χ4v) is 15.1. The Labute approximate surface area is 313 Å². The van der Waals surface area contributed by atoms with Gasteiger partial charge in [-0.2, -0.15) is 0 Å². The summed E-state index contributed by atoms with van der Waals surface area (Å²) in [6.45, 7) is 9.21. The number of rotatable bonds is 10. The molecule has 0 fully saturated rings. The highest BCUT2D eigenvalue weighted by Gasteiger charge is 2.36. The number of benzene rings is 6. The third kappa shape index (κ3) is 7.15. The molecule has 0 bridgehead atoms. The lowest BCUT2D eigenvalue weighted by Crippen LogP contribution is -2.57. The Hall–Kier alpha value is -5.87. The number of hydrogen-bond acceptors (Lipinski definition) is 3. The topological polar surface area (TPSA) is 66.6 Å². The second-order valence-corrected chi connectivity index (χ2v) is 22.4. The Morgan fingerprint density at radius 3 is 0.981 bits per heavy atom. The average molecular weight is 723 g/mol. The van der Waals surface area contributed by atoms with Crippen molar-refractivity contribution in [2.45, 2.75) is 26.2 Å². The van der Waals surface area contributed by atoms with Crippen molar-refractivity contribution >= 4 is 27.0 Å². The van der Waals surface area contributed by atoms with Gasteiger partial charge in [0.15, 0.2) is 0 Å². The zero-order chi connectivity index (χ0) is 36.4. The Balaban J connectivity index is 1.03. The van der Waals surface area contributed by atoms with Gasteiger partial charge < -0.3 is 14.1 Å². The summed E-state index contributed by atoms with van der Waals surface area (Å²) in [5.74, 6) is 1.71. The van der Waals surface area contributed by atoms with Gasteiger partial charge in [-0.3, -0.25) is 0 Å². The summed E-state index contributed by atoms with van der Waals surface area (Å²) in [6.07, 6.45) is 0. The minimum absolute atomic E-state index is 0.854. The van der Waals surface area contributed by atoms with E-state index >= 15 is 0 Å². The largest absolute Gasteiger partial charge is 0.449 e. The fraction of sp³-hybridized carbons (Fsp3) is 0.0870. The monoisotopic (exact) mass is 722 g/mol. The van der Waals surface area contributed by atoms with Crippen LogP contribution in [0.15, 0.2) is 170 Å². The molecule has 0 atom stereocenters. The number of hydrogen-bond donors (Lipinski definition) is 2. The number of aromatic amines is 2. The molecule has 0 spiro atoms. The van der Waals surface area contributed by atoms with Crippen molar-refractivity contribution in [1.29, 1.82) is 0 Å². The standard InChI is InChI=1S/C46H42N4OSi2/c1-52(2,39-29-25-37(26-30-39)45-47-41(33-17-9-5-10-18-33)42(48-45)34-19-11-6-12-20-34)51-53(3,4)40-31-27-38(28-32-40)46-49-43(35-21-13-7-14-22-35)44(50-46)36-23-15-8-16-24-36/h5-32H,1-4H3,(H,47,48)(H,49,50). The minimum Gasteiger partial charge on any atom is -0.449 e. The number of nitrogens with one attached hydrogen (secondary N) is 2. The van der Waals surface area contributed by atoms with Crippen LogP contribution in [0.3, 0.4) is 0 Å². The average Bonchev–Trinajstić information content (AvgIpc) is 3.86. The van der Waals surface area contributed by atoms with Crippen molar-refractivity contribution in [2.75, 3.05) is 0 Å². The van der Waals surface area contributed by atoms with E-state index in [-0.39, 0.29) is 0 Å². The minimum atomic E-state index is -2.28. The highest BCUT2D eigenvalue weighted by atomic mass is 28.4. The second-order valence-electron chi connectivity index (χ2n) is 14.4. The maximum absolute atomic E-state index is 7.20. The summed E-state index contributed by atoms with van der Waals surface area (Å²) in [5, 5.41) is 2.52. The first kappa shape index (κ1) is 34.2. The lowest BCUT2D eigenvalue weighted by molar-refractivity contribution is 0.573. The molecule has 0 saturated heterocycles. The van der Waals surface area contributed by atoms with Crippen molar-refractivity contribution in [3.05, 3.63) is 170 Å². The second kappa shape index (κ2) is 14.3. The molecule has 5 nitrogen and oxygen atoms in total. The van der Waals surface area contributed by atoms with Crippen LogP contribution in [-0.2, 0) is 4.12 Å². The van der Waals surface area contributed by atoms with E-state index in [1.807, 2.05) is 24.3 Å². The van der Waals surface area contributed by atoms with Gasteiger partial charge in [0.1, 0.15) is 11.6 Å². The molecule has 260 valence electrons. The van der Waals surface area contributed by atoms with Gasteiger partial charge in [0.25, 0.3) is 0 Å². The smallest absolute Gasteiger partial charge is 0.206 e. The van der Waals surface area contributed by atoms with E-state index in [9.17, 15) is 0 Å². The Kier molecular flexibility index (Phi) is 9.22. The van der Waals surface area contributed by atoms with Gasteiger partial charge in [-0.15, -0.1) is 0 Å².